The number of benzene rings is 2. The van der Waals surface area contributed by atoms with Gasteiger partial charge < -0.3 is 14.8 Å². The Kier molecular flexibility index (Phi) is 6.24. The van der Waals surface area contributed by atoms with Crippen LogP contribution in [0.1, 0.15) is 36.6 Å². The van der Waals surface area contributed by atoms with Gasteiger partial charge in [0, 0.05) is 0 Å². The molecule has 128 valence electrons. The second kappa shape index (κ2) is 8.39. The van der Waals surface area contributed by atoms with Crippen molar-refractivity contribution in [2.45, 2.75) is 33.7 Å². The summed E-state index contributed by atoms with van der Waals surface area (Å²) in [6.45, 7) is 8.61. The summed E-state index contributed by atoms with van der Waals surface area (Å²) in [7, 11) is 0. The fourth-order valence-electron chi connectivity index (χ4n) is 2.34. The van der Waals surface area contributed by atoms with E-state index >= 15 is 0 Å². The number of carbonyl (C=O) groups excluding carboxylic acids is 1. The molecule has 2 aromatic carbocycles. The van der Waals surface area contributed by atoms with E-state index in [1.165, 1.54) is 5.56 Å². The van der Waals surface area contributed by atoms with Crippen LogP contribution in [0.2, 0.25) is 0 Å². The predicted molar refractivity (Wildman–Crippen MR) is 95.6 cm³/mol. The minimum atomic E-state index is -0.144. The Balaban J connectivity index is 1.85. The minimum Gasteiger partial charge on any atom is -0.494 e. The summed E-state index contributed by atoms with van der Waals surface area (Å²) in [4.78, 5) is 12.1. The lowest BCUT2D eigenvalue weighted by atomic mass is 10.1. The van der Waals surface area contributed by atoms with Gasteiger partial charge in [-0.2, -0.15) is 0 Å². The predicted octanol–water partition coefficient (Wildman–Crippen LogP) is 3.96. The molecule has 0 aliphatic carbocycles. The molecule has 1 atom stereocenters. The average molecular weight is 327 g/mol. The maximum absolute atomic E-state index is 12.1. The van der Waals surface area contributed by atoms with Gasteiger partial charge in [-0.15, -0.1) is 0 Å². The average Bonchev–Trinajstić information content (AvgIpc) is 2.57. The van der Waals surface area contributed by atoms with Crippen LogP contribution in [0.15, 0.2) is 42.5 Å². The highest BCUT2D eigenvalue weighted by atomic mass is 16.5. The van der Waals surface area contributed by atoms with E-state index in [9.17, 15) is 4.79 Å². The Bertz CT molecular complexity index is 680. The standard InChI is InChI=1S/C20H25NO3/c1-5-23-18-10-7-17(8-11-18)16(4)21-20(22)13-24-19-9-6-14(2)15(3)12-19/h6-12,16H,5,13H2,1-4H3,(H,21,22)/t16-/m0/s1. The molecule has 0 aromatic heterocycles. The number of carbonyl (C=O) groups is 1. The van der Waals surface area contributed by atoms with Gasteiger partial charge in [-0.3, -0.25) is 4.79 Å². The first-order valence-electron chi connectivity index (χ1n) is 8.21. The van der Waals surface area contributed by atoms with E-state index in [2.05, 4.69) is 5.32 Å². The molecule has 1 N–H and O–H groups in total. The number of nitrogens with one attached hydrogen (secondary N) is 1. The molecular formula is C20H25NO3. The van der Waals surface area contributed by atoms with Gasteiger partial charge in [0.1, 0.15) is 11.5 Å². The van der Waals surface area contributed by atoms with Gasteiger partial charge >= 0.3 is 0 Å². The summed E-state index contributed by atoms with van der Waals surface area (Å²) in [5, 5.41) is 2.94. The molecule has 1 amide bonds. The molecule has 2 rings (SSSR count). The number of aryl methyl sites for hydroxylation is 2. The Morgan fingerprint density at radius 3 is 2.29 bits per heavy atom. The summed E-state index contributed by atoms with van der Waals surface area (Å²) in [5.41, 5.74) is 3.38. The second-order valence-electron chi connectivity index (χ2n) is 5.83. The van der Waals surface area contributed by atoms with Crippen molar-refractivity contribution in [1.82, 2.24) is 5.32 Å². The molecule has 4 nitrogen and oxygen atoms in total. The van der Waals surface area contributed by atoms with Gasteiger partial charge in [0.15, 0.2) is 6.61 Å². The van der Waals surface area contributed by atoms with E-state index < -0.39 is 0 Å². The highest BCUT2D eigenvalue weighted by molar-refractivity contribution is 5.78. The number of hydrogen-bond acceptors (Lipinski definition) is 3. The van der Waals surface area contributed by atoms with Gasteiger partial charge in [-0.1, -0.05) is 18.2 Å². The monoisotopic (exact) mass is 327 g/mol. The quantitative estimate of drug-likeness (QED) is 0.837. The van der Waals surface area contributed by atoms with E-state index in [4.69, 9.17) is 9.47 Å². The highest BCUT2D eigenvalue weighted by Gasteiger charge is 2.10. The van der Waals surface area contributed by atoms with Gasteiger partial charge in [0.2, 0.25) is 0 Å². The third-order valence-corrected chi connectivity index (χ3v) is 3.92. The molecule has 0 saturated heterocycles. The molecule has 0 aliphatic heterocycles. The lowest BCUT2D eigenvalue weighted by Crippen LogP contribution is -2.31. The van der Waals surface area contributed by atoms with Gasteiger partial charge in [-0.25, -0.2) is 0 Å². The maximum Gasteiger partial charge on any atom is 0.258 e. The van der Waals surface area contributed by atoms with Gasteiger partial charge in [-0.05, 0) is 68.7 Å². The Morgan fingerprint density at radius 1 is 1.00 bits per heavy atom. The lowest BCUT2D eigenvalue weighted by molar-refractivity contribution is -0.123. The molecule has 0 spiro atoms. The zero-order valence-electron chi connectivity index (χ0n) is 14.8. The van der Waals surface area contributed by atoms with Crippen LogP contribution in [0.25, 0.3) is 0 Å². The van der Waals surface area contributed by atoms with E-state index in [0.717, 1.165) is 16.9 Å². The van der Waals surface area contributed by atoms with E-state index in [0.29, 0.717) is 12.4 Å². The molecule has 0 aliphatic rings. The van der Waals surface area contributed by atoms with Crippen LogP contribution >= 0.6 is 0 Å². The van der Waals surface area contributed by atoms with Crippen molar-refractivity contribution in [2.75, 3.05) is 13.2 Å². The Morgan fingerprint density at radius 2 is 1.67 bits per heavy atom. The third kappa shape index (κ3) is 5.01. The van der Waals surface area contributed by atoms with Crippen LogP contribution in [-0.2, 0) is 4.79 Å². The SMILES string of the molecule is CCOc1ccc([C@H](C)NC(=O)COc2ccc(C)c(C)c2)cc1. The molecule has 0 radical (unpaired) electrons. The van der Waals surface area contributed by atoms with Crippen LogP contribution in [0.4, 0.5) is 0 Å². The second-order valence-corrected chi connectivity index (χ2v) is 5.83. The Labute approximate surface area is 143 Å². The maximum atomic E-state index is 12.1. The summed E-state index contributed by atoms with van der Waals surface area (Å²) in [5.74, 6) is 1.40. The van der Waals surface area contributed by atoms with Crippen LogP contribution in [0, 0.1) is 13.8 Å². The van der Waals surface area contributed by atoms with E-state index in [1.807, 2.05) is 70.2 Å². The van der Waals surface area contributed by atoms with E-state index in [-0.39, 0.29) is 18.6 Å². The largest absolute Gasteiger partial charge is 0.494 e. The molecule has 0 fully saturated rings. The smallest absolute Gasteiger partial charge is 0.258 e. The fourth-order valence-corrected chi connectivity index (χ4v) is 2.34. The van der Waals surface area contributed by atoms with Crippen molar-refractivity contribution < 1.29 is 14.3 Å². The first-order valence-corrected chi connectivity index (χ1v) is 8.21. The van der Waals surface area contributed by atoms with Crippen molar-refractivity contribution >= 4 is 5.91 Å². The normalized spacial score (nSPS) is 11.7. The highest BCUT2D eigenvalue weighted by Crippen LogP contribution is 2.18. The first kappa shape index (κ1) is 17.9. The number of ether oxygens (including phenoxy) is 2. The van der Waals surface area contributed by atoms with E-state index in [1.54, 1.807) is 0 Å². The molecule has 2 aromatic rings. The van der Waals surface area contributed by atoms with Gasteiger partial charge in [0.25, 0.3) is 5.91 Å². The van der Waals surface area contributed by atoms with Crippen LogP contribution < -0.4 is 14.8 Å². The summed E-state index contributed by atoms with van der Waals surface area (Å²) >= 11 is 0. The van der Waals surface area contributed by atoms with Crippen molar-refractivity contribution in [3.05, 3.63) is 59.2 Å². The lowest BCUT2D eigenvalue weighted by Gasteiger charge is -2.15. The molecule has 4 heteroatoms. The topological polar surface area (TPSA) is 47.6 Å². The summed E-state index contributed by atoms with van der Waals surface area (Å²) in [6.07, 6.45) is 0. The minimum absolute atomic E-state index is 0.00384. The van der Waals surface area contributed by atoms with Crippen molar-refractivity contribution in [2.24, 2.45) is 0 Å². The van der Waals surface area contributed by atoms with Gasteiger partial charge in [0.05, 0.1) is 12.6 Å². The number of hydrogen-bond donors (Lipinski definition) is 1. The molecule has 0 saturated carbocycles. The Hall–Kier alpha value is -2.49. The first-order chi connectivity index (χ1) is 11.5. The molecule has 0 bridgehead atoms. The number of amides is 1. The summed E-state index contributed by atoms with van der Waals surface area (Å²) < 4.78 is 11.0. The number of rotatable bonds is 7. The van der Waals surface area contributed by atoms with Crippen LogP contribution in [0.3, 0.4) is 0 Å². The molecule has 0 unspecified atom stereocenters. The third-order valence-electron chi connectivity index (χ3n) is 3.92. The molecule has 24 heavy (non-hydrogen) atoms. The van der Waals surface area contributed by atoms with Crippen LogP contribution in [-0.4, -0.2) is 19.1 Å². The fraction of sp³-hybridized carbons (Fsp3) is 0.350. The molecular weight excluding hydrogens is 302 g/mol. The summed E-state index contributed by atoms with van der Waals surface area (Å²) in [6, 6.07) is 13.5. The van der Waals surface area contributed by atoms with Crippen LogP contribution in [0.5, 0.6) is 11.5 Å². The zero-order chi connectivity index (χ0) is 17.5. The van der Waals surface area contributed by atoms with Crippen molar-refractivity contribution in [3.8, 4) is 11.5 Å². The zero-order valence-corrected chi connectivity index (χ0v) is 14.8. The van der Waals surface area contributed by atoms with Crippen molar-refractivity contribution in [3.63, 3.8) is 0 Å². The molecule has 0 heterocycles. The van der Waals surface area contributed by atoms with Crippen molar-refractivity contribution in [1.29, 1.82) is 0 Å².